The lowest BCUT2D eigenvalue weighted by atomic mass is 10.0. The van der Waals surface area contributed by atoms with Crippen molar-refractivity contribution < 1.29 is 23.1 Å². The van der Waals surface area contributed by atoms with Gasteiger partial charge in [-0.1, -0.05) is 12.1 Å². The van der Waals surface area contributed by atoms with Gasteiger partial charge in [-0.05, 0) is 12.1 Å². The van der Waals surface area contributed by atoms with E-state index in [1.165, 1.54) is 24.3 Å². The van der Waals surface area contributed by atoms with Crippen LogP contribution in [0.1, 0.15) is 10.4 Å². The molecule has 16 heavy (non-hydrogen) atoms. The molecule has 0 aromatic heterocycles. The average molecular weight is 241 g/mol. The Morgan fingerprint density at radius 3 is 2.56 bits per heavy atom. The Labute approximate surface area is 90.9 Å². The molecule has 2 N–H and O–H groups in total. The van der Waals surface area contributed by atoms with Crippen molar-refractivity contribution in [2.75, 3.05) is 0 Å². The molecule has 0 radical (unpaired) electrons. The Morgan fingerprint density at radius 1 is 1.31 bits per heavy atom. The maximum absolute atomic E-state index is 11.6. The summed E-state index contributed by atoms with van der Waals surface area (Å²) in [6.45, 7) is 0. The normalized spacial score (nSPS) is 22.5. The number of aliphatic carboxylic acids is 1. The molecule has 1 aromatic rings. The minimum atomic E-state index is -3.92. The third kappa shape index (κ3) is 1.50. The van der Waals surface area contributed by atoms with Gasteiger partial charge in [-0.3, -0.25) is 4.79 Å². The number of fused-ring (bicyclic) bond motifs is 1. The van der Waals surface area contributed by atoms with Crippen LogP contribution in [0.25, 0.3) is 0 Å². The van der Waals surface area contributed by atoms with Crippen LogP contribution in [0.3, 0.4) is 0 Å². The molecule has 0 saturated heterocycles. The van der Waals surface area contributed by atoms with E-state index in [4.69, 9.17) is 5.11 Å². The molecule has 2 rings (SSSR count). The van der Waals surface area contributed by atoms with Crippen LogP contribution in [0.5, 0.6) is 0 Å². The molecular weight excluding hydrogens is 234 g/mol. The molecule has 1 atom stereocenters. The van der Waals surface area contributed by atoms with Gasteiger partial charge in [0, 0.05) is 5.56 Å². The number of sulfonamides is 1. The molecule has 1 aliphatic rings. The first-order chi connectivity index (χ1) is 7.43. The van der Waals surface area contributed by atoms with Crippen molar-refractivity contribution in [3.8, 4) is 0 Å². The van der Waals surface area contributed by atoms with Crippen molar-refractivity contribution in [2.45, 2.75) is 10.9 Å². The fourth-order valence-electron chi connectivity index (χ4n) is 1.49. The van der Waals surface area contributed by atoms with Gasteiger partial charge in [0.25, 0.3) is 0 Å². The Balaban J connectivity index is 2.67. The van der Waals surface area contributed by atoms with E-state index in [1.807, 2.05) is 4.72 Å². The summed E-state index contributed by atoms with van der Waals surface area (Å²) in [4.78, 5) is 22.2. The minimum Gasteiger partial charge on any atom is -0.480 e. The maximum Gasteiger partial charge on any atom is 0.329 e. The van der Waals surface area contributed by atoms with Crippen LogP contribution in [0.15, 0.2) is 29.2 Å². The smallest absolute Gasteiger partial charge is 0.329 e. The zero-order chi connectivity index (χ0) is 11.9. The van der Waals surface area contributed by atoms with E-state index in [9.17, 15) is 18.0 Å². The molecule has 1 unspecified atom stereocenters. The first kappa shape index (κ1) is 10.8. The van der Waals surface area contributed by atoms with Gasteiger partial charge < -0.3 is 5.11 Å². The number of carbonyl (C=O) groups excluding carboxylic acids is 1. The number of benzene rings is 1. The van der Waals surface area contributed by atoms with Crippen molar-refractivity contribution in [1.29, 1.82) is 0 Å². The van der Waals surface area contributed by atoms with Gasteiger partial charge in [-0.2, -0.15) is 4.72 Å². The Morgan fingerprint density at radius 2 is 1.94 bits per heavy atom. The van der Waals surface area contributed by atoms with E-state index in [2.05, 4.69) is 0 Å². The van der Waals surface area contributed by atoms with Crippen molar-refractivity contribution in [3.05, 3.63) is 29.8 Å². The van der Waals surface area contributed by atoms with Crippen LogP contribution in [0.4, 0.5) is 0 Å². The number of ketones is 1. The number of carbonyl (C=O) groups is 2. The lowest BCUT2D eigenvalue weighted by Gasteiger charge is -2.21. The number of Topliss-reactive ketones (excluding diaryl/α,β-unsaturated/α-hetero) is 1. The fourth-order valence-corrected chi connectivity index (χ4v) is 2.86. The molecule has 1 aromatic carbocycles. The molecule has 0 amide bonds. The average Bonchev–Trinajstić information content (AvgIpc) is 2.23. The SMILES string of the molecule is O=C(O)C1NS(=O)(=O)c2ccccc2C1=O. The molecule has 0 spiro atoms. The van der Waals surface area contributed by atoms with E-state index in [1.54, 1.807) is 0 Å². The highest BCUT2D eigenvalue weighted by molar-refractivity contribution is 7.89. The summed E-state index contributed by atoms with van der Waals surface area (Å²) in [6, 6.07) is 3.77. The summed E-state index contributed by atoms with van der Waals surface area (Å²) >= 11 is 0. The van der Waals surface area contributed by atoms with Crippen LogP contribution in [0, 0.1) is 0 Å². The largest absolute Gasteiger partial charge is 0.480 e. The summed E-state index contributed by atoms with van der Waals surface area (Å²) in [5.41, 5.74) is -0.0892. The predicted octanol–water partition coefficient (Wildman–Crippen LogP) is -0.386. The molecule has 0 bridgehead atoms. The highest BCUT2D eigenvalue weighted by Crippen LogP contribution is 2.22. The lowest BCUT2D eigenvalue weighted by Crippen LogP contribution is -2.50. The molecular formula is C9H7NO5S. The zero-order valence-electron chi connectivity index (χ0n) is 7.88. The van der Waals surface area contributed by atoms with Crippen molar-refractivity contribution in [3.63, 3.8) is 0 Å². The maximum atomic E-state index is 11.6. The third-order valence-electron chi connectivity index (χ3n) is 2.22. The zero-order valence-corrected chi connectivity index (χ0v) is 8.69. The van der Waals surface area contributed by atoms with Crippen LogP contribution >= 0.6 is 0 Å². The summed E-state index contributed by atoms with van der Waals surface area (Å²) in [5, 5.41) is 8.72. The van der Waals surface area contributed by atoms with E-state index in [0.717, 1.165) is 0 Å². The van der Waals surface area contributed by atoms with Gasteiger partial charge in [-0.25, -0.2) is 13.2 Å². The number of carboxylic acid groups (broad SMARTS) is 1. The summed E-state index contributed by atoms with van der Waals surface area (Å²) in [5.74, 6) is -2.26. The number of hydrogen-bond acceptors (Lipinski definition) is 4. The number of hydrogen-bond donors (Lipinski definition) is 2. The molecule has 1 aliphatic heterocycles. The second kappa shape index (κ2) is 3.39. The van der Waals surface area contributed by atoms with Crippen LogP contribution in [-0.4, -0.2) is 31.3 Å². The monoisotopic (exact) mass is 241 g/mol. The van der Waals surface area contributed by atoms with Crippen molar-refractivity contribution in [2.24, 2.45) is 0 Å². The minimum absolute atomic E-state index is 0.0892. The number of carboxylic acids is 1. The number of rotatable bonds is 1. The lowest BCUT2D eigenvalue weighted by molar-refractivity contribution is -0.137. The van der Waals surface area contributed by atoms with Crippen LogP contribution in [0.2, 0.25) is 0 Å². The van der Waals surface area contributed by atoms with Crippen molar-refractivity contribution >= 4 is 21.8 Å². The first-order valence-electron chi connectivity index (χ1n) is 4.32. The Hall–Kier alpha value is -1.73. The van der Waals surface area contributed by atoms with E-state index >= 15 is 0 Å². The third-order valence-corrected chi connectivity index (χ3v) is 3.71. The number of nitrogens with one attached hydrogen (secondary N) is 1. The predicted molar refractivity (Wildman–Crippen MR) is 52.5 cm³/mol. The highest BCUT2D eigenvalue weighted by atomic mass is 32.2. The Kier molecular flexibility index (Phi) is 2.28. The van der Waals surface area contributed by atoms with E-state index in [0.29, 0.717) is 0 Å². The summed E-state index contributed by atoms with van der Waals surface area (Å²) in [7, 11) is -3.92. The first-order valence-corrected chi connectivity index (χ1v) is 5.80. The standard InChI is InChI=1S/C9H7NO5S/c11-8-5-3-1-2-4-6(5)16(14,15)10-7(8)9(12)13/h1-4,7,10H,(H,12,13). The molecule has 6 nitrogen and oxygen atoms in total. The second-order valence-corrected chi connectivity index (χ2v) is 4.94. The fraction of sp³-hybridized carbons (Fsp3) is 0.111. The van der Waals surface area contributed by atoms with Gasteiger partial charge in [0.15, 0.2) is 11.8 Å². The quantitative estimate of drug-likeness (QED) is 0.652. The molecule has 0 saturated carbocycles. The van der Waals surface area contributed by atoms with Gasteiger partial charge in [0.05, 0.1) is 4.90 Å². The van der Waals surface area contributed by atoms with Gasteiger partial charge in [0.2, 0.25) is 10.0 Å². The Bertz CT molecular complexity index is 577. The highest BCUT2D eigenvalue weighted by Gasteiger charge is 2.39. The second-order valence-electron chi connectivity index (χ2n) is 3.25. The molecule has 0 aliphatic carbocycles. The molecule has 0 fully saturated rings. The van der Waals surface area contributed by atoms with Gasteiger partial charge in [0.1, 0.15) is 0 Å². The van der Waals surface area contributed by atoms with Gasteiger partial charge in [-0.15, -0.1) is 0 Å². The van der Waals surface area contributed by atoms with Crippen LogP contribution in [-0.2, 0) is 14.8 Å². The van der Waals surface area contributed by atoms with E-state index in [-0.39, 0.29) is 10.5 Å². The molecule has 1 heterocycles. The van der Waals surface area contributed by atoms with Crippen LogP contribution < -0.4 is 4.72 Å². The summed E-state index contributed by atoms with van der Waals surface area (Å²) in [6.07, 6.45) is 0. The topological polar surface area (TPSA) is 101 Å². The molecule has 7 heteroatoms. The summed E-state index contributed by atoms with van der Waals surface area (Å²) < 4.78 is 25.0. The van der Waals surface area contributed by atoms with E-state index < -0.39 is 27.8 Å². The van der Waals surface area contributed by atoms with Gasteiger partial charge >= 0.3 is 5.97 Å². The van der Waals surface area contributed by atoms with Crippen molar-refractivity contribution in [1.82, 2.24) is 4.72 Å². The molecule has 84 valence electrons.